The van der Waals surface area contributed by atoms with Crippen LogP contribution in [0.1, 0.15) is 55.9 Å². The number of fused-ring (bicyclic) bond motifs is 1. The summed E-state index contributed by atoms with van der Waals surface area (Å²) in [6, 6.07) is 7.32. The van der Waals surface area contributed by atoms with Gasteiger partial charge >= 0.3 is 0 Å². The molecule has 0 spiro atoms. The normalized spacial score (nSPS) is 22.7. The molecular formula is C27H35FN6O4S. The van der Waals surface area contributed by atoms with Crippen LogP contribution in [0.3, 0.4) is 0 Å². The van der Waals surface area contributed by atoms with Gasteiger partial charge in [-0.15, -0.1) is 0 Å². The summed E-state index contributed by atoms with van der Waals surface area (Å²) >= 11 is 0. The van der Waals surface area contributed by atoms with Crippen molar-refractivity contribution in [3.8, 4) is 0 Å². The van der Waals surface area contributed by atoms with Crippen LogP contribution in [0.2, 0.25) is 0 Å². The molecule has 4 N–H and O–H groups in total. The number of pyridine rings is 1. The van der Waals surface area contributed by atoms with Gasteiger partial charge in [0.15, 0.2) is 0 Å². The van der Waals surface area contributed by atoms with Crippen LogP contribution in [-0.2, 0) is 4.79 Å². The Balaban J connectivity index is 1.50. The zero-order valence-electron chi connectivity index (χ0n) is 22.1. The molecule has 3 aromatic rings. The first-order valence-corrected chi connectivity index (χ1v) is 15.2. The van der Waals surface area contributed by atoms with Crippen LogP contribution in [0.5, 0.6) is 0 Å². The molecule has 2 aliphatic rings. The maximum Gasteiger partial charge on any atom is 0.280 e. The van der Waals surface area contributed by atoms with E-state index in [0.29, 0.717) is 41.5 Å². The van der Waals surface area contributed by atoms with Gasteiger partial charge in [0.25, 0.3) is 5.91 Å². The lowest BCUT2D eigenvalue weighted by molar-refractivity contribution is -0.126. The molecule has 1 aromatic carbocycles. The van der Waals surface area contributed by atoms with Crippen molar-refractivity contribution in [1.29, 1.82) is 0 Å². The number of hydrogen-bond acceptors (Lipinski definition) is 6. The average molecular weight is 559 g/mol. The highest BCUT2D eigenvalue weighted by Gasteiger charge is 2.30. The number of aromatic nitrogens is 3. The number of nitrogens with one attached hydrogen (secondary N) is 2. The van der Waals surface area contributed by atoms with Crippen molar-refractivity contribution < 1.29 is 23.1 Å². The molecular weight excluding hydrogens is 523 g/mol. The Morgan fingerprint density at radius 3 is 2.44 bits per heavy atom. The monoisotopic (exact) mass is 558 g/mol. The van der Waals surface area contributed by atoms with Crippen LogP contribution < -0.4 is 15.8 Å². The highest BCUT2D eigenvalue weighted by Crippen LogP contribution is 2.41. The second-order valence-corrected chi connectivity index (χ2v) is 13.1. The molecule has 1 aliphatic carbocycles. The van der Waals surface area contributed by atoms with Gasteiger partial charge in [-0.05, 0) is 63.8 Å². The van der Waals surface area contributed by atoms with E-state index < -0.39 is 22.3 Å². The van der Waals surface area contributed by atoms with Gasteiger partial charge in [-0.1, -0.05) is 0 Å². The van der Waals surface area contributed by atoms with Gasteiger partial charge in [-0.3, -0.25) is 18.7 Å². The van der Waals surface area contributed by atoms with Crippen LogP contribution >= 0.6 is 10.6 Å². The fourth-order valence-corrected chi connectivity index (χ4v) is 6.59. The molecule has 1 aliphatic heterocycles. The average Bonchev–Trinajstić information content (AvgIpc) is 3.25. The van der Waals surface area contributed by atoms with E-state index in [0.717, 1.165) is 31.2 Å². The predicted molar refractivity (Wildman–Crippen MR) is 149 cm³/mol. The molecule has 10 nitrogen and oxygen atoms in total. The zero-order valence-corrected chi connectivity index (χ0v) is 23.0. The van der Waals surface area contributed by atoms with Gasteiger partial charge in [0, 0.05) is 42.7 Å². The van der Waals surface area contributed by atoms with E-state index in [1.165, 1.54) is 24.3 Å². The quantitative estimate of drug-likeness (QED) is 0.373. The van der Waals surface area contributed by atoms with Gasteiger partial charge in [-0.2, -0.15) is 15.6 Å². The molecule has 1 saturated heterocycles. The lowest BCUT2D eigenvalue weighted by Gasteiger charge is -2.41. The number of nitrogens with zero attached hydrogens (tertiary/aromatic N) is 4. The molecule has 0 radical (unpaired) electrons. The summed E-state index contributed by atoms with van der Waals surface area (Å²) in [6.45, 7) is 4.88. The fourth-order valence-electron chi connectivity index (χ4n) is 5.36. The summed E-state index contributed by atoms with van der Waals surface area (Å²) < 4.78 is 35.5. The lowest BCUT2D eigenvalue weighted by Crippen LogP contribution is -2.39. The lowest BCUT2D eigenvalue weighted by atomic mass is 9.85. The second kappa shape index (κ2) is 11.1. The number of imidazole rings is 1. The Labute approximate surface area is 227 Å². The maximum atomic E-state index is 13.4. The molecule has 210 valence electrons. The van der Waals surface area contributed by atoms with E-state index in [1.54, 1.807) is 6.20 Å². The number of hydrogen-bond donors (Lipinski definition) is 4. The van der Waals surface area contributed by atoms with E-state index in [1.807, 2.05) is 29.4 Å². The Morgan fingerprint density at radius 1 is 1.13 bits per heavy atom. The number of carbonyl (C=O) groups is 2. The highest BCUT2D eigenvalue weighted by atomic mass is 32.3. The number of benzene rings is 1. The topological polar surface area (TPSA) is 136 Å². The summed E-state index contributed by atoms with van der Waals surface area (Å²) in [4.78, 5) is 39.9. The van der Waals surface area contributed by atoms with E-state index in [4.69, 9.17) is 0 Å². The first kappa shape index (κ1) is 27.4. The van der Waals surface area contributed by atoms with Gasteiger partial charge < -0.3 is 19.8 Å². The number of anilines is 1. The Hall–Kier alpha value is -3.22. The predicted octanol–water partition coefficient (Wildman–Crippen LogP) is 4.07. The van der Waals surface area contributed by atoms with Crippen molar-refractivity contribution in [2.24, 2.45) is 10.9 Å². The van der Waals surface area contributed by atoms with Crippen molar-refractivity contribution >= 4 is 39.3 Å². The SMILES string of the molecule is CC(C)NC(=O)C1CCC(n2c(=NC(=O)c3ccc(F)cc3)[nH]c3cnc(N4CCS(O)(O)CC4)cc32)CC1. The number of halogens is 1. The van der Waals surface area contributed by atoms with Gasteiger partial charge in [0.2, 0.25) is 11.5 Å². The van der Waals surface area contributed by atoms with E-state index >= 15 is 0 Å². The number of rotatable bonds is 5. The first-order chi connectivity index (χ1) is 18.6. The third kappa shape index (κ3) is 6.18. The molecule has 5 rings (SSSR count). The number of carbonyl (C=O) groups excluding carboxylic acids is 2. The van der Waals surface area contributed by atoms with Crippen LogP contribution in [0, 0.1) is 11.7 Å². The Kier molecular flexibility index (Phi) is 7.79. The summed E-state index contributed by atoms with van der Waals surface area (Å²) in [5, 5.41) is 3.01. The maximum absolute atomic E-state index is 13.4. The minimum Gasteiger partial charge on any atom is -0.354 e. The van der Waals surface area contributed by atoms with Crippen molar-refractivity contribution in [3.05, 3.63) is 53.5 Å². The summed E-state index contributed by atoms with van der Waals surface area (Å²) in [5.41, 5.74) is 2.20. The molecule has 1 saturated carbocycles. The smallest absolute Gasteiger partial charge is 0.280 e. The first-order valence-electron chi connectivity index (χ1n) is 13.3. The molecule has 2 fully saturated rings. The highest BCUT2D eigenvalue weighted by molar-refractivity contribution is 8.24. The van der Waals surface area contributed by atoms with Crippen molar-refractivity contribution in [3.63, 3.8) is 0 Å². The zero-order chi connectivity index (χ0) is 27.7. The molecule has 0 bridgehead atoms. The third-order valence-corrected chi connectivity index (χ3v) is 9.14. The van der Waals surface area contributed by atoms with Crippen LogP contribution in [0.15, 0.2) is 41.5 Å². The standard InChI is InChI=1S/C27H35FN6O4S/c1-17(2)30-25(35)19-5-9-21(10-6-19)34-23-15-24(33-11-13-39(37,38)14-12-33)29-16-22(23)31-27(34)32-26(36)18-3-7-20(28)8-4-18/h3-4,7-8,15-17,19,21,37-38H,5-6,9-14H2,1-2H3,(H,30,35)(H,31,32,36). The van der Waals surface area contributed by atoms with Gasteiger partial charge in [0.05, 0.1) is 28.7 Å². The van der Waals surface area contributed by atoms with E-state index in [-0.39, 0.29) is 29.5 Å². The van der Waals surface area contributed by atoms with E-state index in [9.17, 15) is 23.1 Å². The third-order valence-electron chi connectivity index (χ3n) is 7.46. The van der Waals surface area contributed by atoms with Crippen molar-refractivity contribution in [1.82, 2.24) is 19.9 Å². The summed E-state index contributed by atoms with van der Waals surface area (Å²) in [7, 11) is -2.54. The minimum atomic E-state index is -2.54. The van der Waals surface area contributed by atoms with Gasteiger partial charge in [-0.25, -0.2) is 9.37 Å². The molecule has 12 heteroatoms. The molecule has 39 heavy (non-hydrogen) atoms. The summed E-state index contributed by atoms with van der Waals surface area (Å²) in [5.74, 6) is 0.418. The number of aromatic amines is 1. The van der Waals surface area contributed by atoms with Crippen LogP contribution in [0.25, 0.3) is 11.0 Å². The van der Waals surface area contributed by atoms with Crippen molar-refractivity contribution in [2.45, 2.75) is 51.6 Å². The fraction of sp³-hybridized carbons (Fsp3) is 0.481. The summed E-state index contributed by atoms with van der Waals surface area (Å²) in [6.07, 6.45) is 4.62. The molecule has 2 amide bonds. The Morgan fingerprint density at radius 2 is 1.79 bits per heavy atom. The second-order valence-electron chi connectivity index (χ2n) is 10.7. The number of amides is 2. The van der Waals surface area contributed by atoms with Crippen LogP contribution in [-0.4, -0.2) is 66.1 Å². The van der Waals surface area contributed by atoms with Crippen molar-refractivity contribution in [2.75, 3.05) is 29.5 Å². The molecule has 2 aromatic heterocycles. The Bertz CT molecular complexity index is 1420. The van der Waals surface area contributed by atoms with Crippen LogP contribution in [0.4, 0.5) is 10.2 Å². The largest absolute Gasteiger partial charge is 0.354 e. The van der Waals surface area contributed by atoms with E-state index in [2.05, 4.69) is 20.3 Å². The number of H-pyrrole nitrogens is 1. The molecule has 3 heterocycles. The van der Waals surface area contributed by atoms with Gasteiger partial charge in [0.1, 0.15) is 11.6 Å². The molecule has 0 atom stereocenters. The molecule has 0 unspecified atom stereocenters. The minimum absolute atomic E-state index is 0.00482.